The molecule has 0 radical (unpaired) electrons. The minimum atomic E-state index is -0.868. The third-order valence-electron chi connectivity index (χ3n) is 9.49. The number of hydrogen-bond acceptors (Lipinski definition) is 2. The molecule has 25 heavy (non-hydrogen) atoms. The van der Waals surface area contributed by atoms with Gasteiger partial charge < -0.3 is 5.11 Å². The maximum absolute atomic E-state index is 12.2. The second-order valence-corrected chi connectivity index (χ2v) is 10.3. The van der Waals surface area contributed by atoms with Crippen LogP contribution in [0.5, 0.6) is 0 Å². The van der Waals surface area contributed by atoms with E-state index in [1.165, 1.54) is 32.1 Å². The van der Waals surface area contributed by atoms with Gasteiger partial charge in [0.15, 0.2) is 0 Å². The first-order valence-electron chi connectivity index (χ1n) is 10.4. The Hall–Kier alpha value is -0.810. The molecule has 0 saturated heterocycles. The van der Waals surface area contributed by atoms with E-state index in [9.17, 15) is 9.90 Å². The SMILES string of the molecule is C#C[C@]1(O)CC[C@]2(C)C3CC[C@@]4(C)C(CC[C@@H]4C(C)=O)C3CC[C@H]2C1. The van der Waals surface area contributed by atoms with Crippen LogP contribution >= 0.6 is 0 Å². The maximum Gasteiger partial charge on any atom is 0.133 e. The van der Waals surface area contributed by atoms with Crippen molar-refractivity contribution in [3.8, 4) is 12.3 Å². The summed E-state index contributed by atoms with van der Waals surface area (Å²) in [7, 11) is 0. The normalized spacial score (nSPS) is 54.8. The summed E-state index contributed by atoms with van der Waals surface area (Å²) in [6.07, 6.45) is 15.6. The van der Waals surface area contributed by atoms with E-state index in [0.717, 1.165) is 43.4 Å². The Morgan fingerprint density at radius 3 is 2.40 bits per heavy atom. The minimum Gasteiger partial charge on any atom is -0.378 e. The second-order valence-electron chi connectivity index (χ2n) is 10.3. The number of terminal acetylenes is 1. The molecule has 0 aromatic rings. The first-order valence-corrected chi connectivity index (χ1v) is 10.4. The van der Waals surface area contributed by atoms with Crippen molar-refractivity contribution in [3.63, 3.8) is 0 Å². The summed E-state index contributed by atoms with van der Waals surface area (Å²) in [5.74, 6) is 6.23. The van der Waals surface area contributed by atoms with E-state index in [0.29, 0.717) is 23.0 Å². The molecule has 0 amide bonds. The highest BCUT2D eigenvalue weighted by Gasteiger charge is 2.61. The van der Waals surface area contributed by atoms with Gasteiger partial charge in [-0.2, -0.15) is 0 Å². The molecular formula is C23H34O2. The van der Waals surface area contributed by atoms with E-state index in [2.05, 4.69) is 19.8 Å². The third-order valence-corrected chi connectivity index (χ3v) is 9.49. The molecular weight excluding hydrogens is 308 g/mol. The van der Waals surface area contributed by atoms with Crippen molar-refractivity contribution in [1.29, 1.82) is 0 Å². The summed E-state index contributed by atoms with van der Waals surface area (Å²) in [5.41, 5.74) is -0.292. The smallest absolute Gasteiger partial charge is 0.133 e. The first-order chi connectivity index (χ1) is 11.7. The minimum absolute atomic E-state index is 0.240. The zero-order chi connectivity index (χ0) is 18.0. The van der Waals surface area contributed by atoms with Gasteiger partial charge in [-0.1, -0.05) is 19.8 Å². The van der Waals surface area contributed by atoms with Crippen molar-refractivity contribution >= 4 is 5.78 Å². The van der Waals surface area contributed by atoms with E-state index < -0.39 is 5.60 Å². The van der Waals surface area contributed by atoms with Gasteiger partial charge in [-0.3, -0.25) is 4.79 Å². The molecule has 1 N–H and O–H groups in total. The molecule has 4 fully saturated rings. The number of carbonyl (C=O) groups is 1. The average Bonchev–Trinajstić information content (AvgIpc) is 2.93. The molecule has 138 valence electrons. The van der Waals surface area contributed by atoms with Crippen LogP contribution in [0.2, 0.25) is 0 Å². The van der Waals surface area contributed by atoms with Crippen molar-refractivity contribution in [2.75, 3.05) is 0 Å². The summed E-state index contributed by atoms with van der Waals surface area (Å²) in [6.45, 7) is 6.72. The number of aliphatic hydroxyl groups is 1. The van der Waals surface area contributed by atoms with Gasteiger partial charge >= 0.3 is 0 Å². The molecule has 4 rings (SSSR count). The molecule has 2 heteroatoms. The Bertz CT molecular complexity index is 618. The molecule has 0 spiro atoms. The fourth-order valence-corrected chi connectivity index (χ4v) is 8.04. The molecule has 0 aromatic heterocycles. The van der Waals surface area contributed by atoms with E-state index >= 15 is 0 Å². The lowest BCUT2D eigenvalue weighted by molar-refractivity contribution is -0.144. The van der Waals surface area contributed by atoms with Crippen LogP contribution in [0.1, 0.15) is 78.6 Å². The summed E-state index contributed by atoms with van der Waals surface area (Å²) in [5, 5.41) is 10.6. The van der Waals surface area contributed by atoms with Crippen molar-refractivity contribution < 1.29 is 9.90 Å². The van der Waals surface area contributed by atoms with Crippen LogP contribution in [0.25, 0.3) is 0 Å². The summed E-state index contributed by atoms with van der Waals surface area (Å²) in [6, 6.07) is 0. The zero-order valence-electron chi connectivity index (χ0n) is 16.2. The fourth-order valence-electron chi connectivity index (χ4n) is 8.04. The molecule has 4 aliphatic rings. The van der Waals surface area contributed by atoms with Gasteiger partial charge in [0.05, 0.1) is 0 Å². The average molecular weight is 343 g/mol. The standard InChI is InChI=1S/C23H34O2/c1-5-23(25)13-12-21(3)16(14-23)6-7-17-19-9-8-18(15(2)24)22(19,4)11-10-20(17)21/h1,16-20,25H,6-14H2,2-4H3/t16-,17?,18+,19?,20?,21-,22+,23-/m0/s1. The number of rotatable bonds is 1. The van der Waals surface area contributed by atoms with Gasteiger partial charge in [0, 0.05) is 5.92 Å². The number of Topliss-reactive ketones (excluding diaryl/α,β-unsaturated/α-hetero) is 1. The van der Waals surface area contributed by atoms with Gasteiger partial charge in [0.2, 0.25) is 0 Å². The number of hydrogen-bond donors (Lipinski definition) is 1. The Kier molecular flexibility index (Phi) is 3.94. The highest BCUT2D eigenvalue weighted by Crippen LogP contribution is 2.68. The highest BCUT2D eigenvalue weighted by atomic mass is 16.3. The lowest BCUT2D eigenvalue weighted by Crippen LogP contribution is -2.55. The summed E-state index contributed by atoms with van der Waals surface area (Å²) in [4.78, 5) is 12.2. The van der Waals surface area contributed by atoms with Crippen molar-refractivity contribution in [2.45, 2.75) is 84.2 Å². The monoisotopic (exact) mass is 342 g/mol. The lowest BCUT2D eigenvalue weighted by Gasteiger charge is -2.61. The predicted molar refractivity (Wildman–Crippen MR) is 99.7 cm³/mol. The molecule has 0 heterocycles. The van der Waals surface area contributed by atoms with E-state index in [-0.39, 0.29) is 5.41 Å². The number of ketones is 1. The van der Waals surface area contributed by atoms with Crippen LogP contribution in [0.15, 0.2) is 0 Å². The van der Waals surface area contributed by atoms with Crippen molar-refractivity contribution in [1.82, 2.24) is 0 Å². The molecule has 3 unspecified atom stereocenters. The number of carbonyl (C=O) groups excluding carboxylic acids is 1. The van der Waals surface area contributed by atoms with Gasteiger partial charge in [0.25, 0.3) is 0 Å². The van der Waals surface area contributed by atoms with Gasteiger partial charge in [0.1, 0.15) is 11.4 Å². The van der Waals surface area contributed by atoms with Crippen molar-refractivity contribution in [2.24, 2.45) is 40.4 Å². The van der Waals surface area contributed by atoms with Gasteiger partial charge in [-0.25, -0.2) is 0 Å². The zero-order valence-corrected chi connectivity index (χ0v) is 16.2. The van der Waals surface area contributed by atoms with Crippen LogP contribution in [-0.2, 0) is 4.79 Å². The Balaban J connectivity index is 1.60. The third kappa shape index (κ3) is 2.38. The second kappa shape index (κ2) is 5.59. The Morgan fingerprint density at radius 1 is 1.00 bits per heavy atom. The van der Waals surface area contributed by atoms with Crippen LogP contribution in [-0.4, -0.2) is 16.5 Å². The quantitative estimate of drug-likeness (QED) is 0.707. The summed E-state index contributed by atoms with van der Waals surface area (Å²) >= 11 is 0. The topological polar surface area (TPSA) is 37.3 Å². The number of fused-ring (bicyclic) bond motifs is 5. The molecule has 0 aliphatic heterocycles. The van der Waals surface area contributed by atoms with Crippen molar-refractivity contribution in [3.05, 3.63) is 0 Å². The van der Waals surface area contributed by atoms with E-state index in [1.54, 1.807) is 0 Å². The van der Waals surface area contributed by atoms with Gasteiger partial charge in [-0.15, -0.1) is 6.42 Å². The van der Waals surface area contributed by atoms with Crippen LogP contribution in [0, 0.1) is 52.8 Å². The highest BCUT2D eigenvalue weighted by molar-refractivity contribution is 5.79. The maximum atomic E-state index is 12.2. The first kappa shape index (κ1) is 17.6. The van der Waals surface area contributed by atoms with E-state index in [4.69, 9.17) is 6.42 Å². The van der Waals surface area contributed by atoms with Crippen LogP contribution in [0.3, 0.4) is 0 Å². The molecule has 4 aliphatic carbocycles. The summed E-state index contributed by atoms with van der Waals surface area (Å²) < 4.78 is 0. The molecule has 4 saturated carbocycles. The van der Waals surface area contributed by atoms with Crippen LogP contribution < -0.4 is 0 Å². The largest absolute Gasteiger partial charge is 0.378 e. The van der Waals surface area contributed by atoms with Crippen LogP contribution in [0.4, 0.5) is 0 Å². The van der Waals surface area contributed by atoms with Gasteiger partial charge in [-0.05, 0) is 99.2 Å². The lowest BCUT2D eigenvalue weighted by atomic mass is 9.44. The molecule has 0 aromatic carbocycles. The molecule has 0 bridgehead atoms. The fraction of sp³-hybridized carbons (Fsp3) is 0.870. The predicted octanol–water partition coefficient (Wildman–Crippen LogP) is 4.60. The molecule has 8 atom stereocenters. The van der Waals surface area contributed by atoms with E-state index in [1.807, 2.05) is 6.92 Å². The Morgan fingerprint density at radius 2 is 1.72 bits per heavy atom. The Labute approximate surface area is 153 Å². The molecule has 2 nitrogen and oxygen atoms in total.